The Labute approximate surface area is 113 Å². The summed E-state index contributed by atoms with van der Waals surface area (Å²) in [6.07, 6.45) is 2.25. The van der Waals surface area contributed by atoms with E-state index in [1.165, 1.54) is 6.07 Å². The SMILES string of the molecule is CC1CC(C)(C)CC(O)(c2ccc(Cl)cc2F)C1. The summed E-state index contributed by atoms with van der Waals surface area (Å²) in [6.45, 7) is 6.36. The van der Waals surface area contributed by atoms with Crippen molar-refractivity contribution in [3.05, 3.63) is 34.6 Å². The zero-order valence-electron chi connectivity index (χ0n) is 11.1. The molecule has 0 radical (unpaired) electrons. The van der Waals surface area contributed by atoms with Crippen LogP contribution in [-0.2, 0) is 5.60 Å². The standard InChI is InChI=1S/C15H20ClFO/c1-10-7-14(2,3)9-15(18,8-10)12-5-4-11(16)6-13(12)17/h4-6,10,18H,7-9H2,1-3H3. The number of benzene rings is 1. The van der Waals surface area contributed by atoms with E-state index in [4.69, 9.17) is 11.6 Å². The normalized spacial score (nSPS) is 31.3. The van der Waals surface area contributed by atoms with Crippen LogP contribution in [0.1, 0.15) is 45.6 Å². The first-order valence-corrected chi connectivity index (χ1v) is 6.78. The third-order valence-electron chi connectivity index (χ3n) is 3.79. The molecule has 0 saturated heterocycles. The average Bonchev–Trinajstić information content (AvgIpc) is 2.11. The van der Waals surface area contributed by atoms with Crippen molar-refractivity contribution >= 4 is 11.6 Å². The molecule has 0 amide bonds. The molecular formula is C15H20ClFO. The molecule has 1 aromatic carbocycles. The molecule has 1 aliphatic rings. The van der Waals surface area contributed by atoms with Crippen LogP contribution >= 0.6 is 11.6 Å². The summed E-state index contributed by atoms with van der Waals surface area (Å²) in [5.41, 5.74) is -0.666. The Morgan fingerprint density at radius 2 is 2.00 bits per heavy atom. The van der Waals surface area contributed by atoms with E-state index in [2.05, 4.69) is 20.8 Å². The maximum absolute atomic E-state index is 14.0. The fraction of sp³-hybridized carbons (Fsp3) is 0.600. The average molecular weight is 271 g/mol. The molecule has 1 aliphatic carbocycles. The molecular weight excluding hydrogens is 251 g/mol. The van der Waals surface area contributed by atoms with Gasteiger partial charge >= 0.3 is 0 Å². The van der Waals surface area contributed by atoms with Crippen LogP contribution in [0.15, 0.2) is 18.2 Å². The van der Waals surface area contributed by atoms with Gasteiger partial charge in [0.2, 0.25) is 0 Å². The molecule has 0 heterocycles. The Hall–Kier alpha value is -0.600. The highest BCUT2D eigenvalue weighted by Gasteiger charge is 2.43. The van der Waals surface area contributed by atoms with Crippen molar-refractivity contribution in [2.75, 3.05) is 0 Å². The van der Waals surface area contributed by atoms with Crippen molar-refractivity contribution in [2.24, 2.45) is 11.3 Å². The largest absolute Gasteiger partial charge is 0.385 e. The van der Waals surface area contributed by atoms with Crippen molar-refractivity contribution in [2.45, 2.75) is 45.6 Å². The van der Waals surface area contributed by atoms with E-state index >= 15 is 0 Å². The first-order valence-electron chi connectivity index (χ1n) is 6.40. The van der Waals surface area contributed by atoms with E-state index < -0.39 is 11.4 Å². The first-order chi connectivity index (χ1) is 8.22. The van der Waals surface area contributed by atoms with Crippen LogP contribution in [0.5, 0.6) is 0 Å². The number of halogens is 2. The smallest absolute Gasteiger partial charge is 0.130 e. The van der Waals surface area contributed by atoms with Gasteiger partial charge in [-0.25, -0.2) is 4.39 Å². The monoisotopic (exact) mass is 270 g/mol. The van der Waals surface area contributed by atoms with Crippen molar-refractivity contribution in [3.63, 3.8) is 0 Å². The molecule has 0 spiro atoms. The van der Waals surface area contributed by atoms with E-state index in [1.807, 2.05) is 0 Å². The summed E-state index contributed by atoms with van der Waals surface area (Å²) in [6, 6.07) is 4.54. The molecule has 1 N–H and O–H groups in total. The summed E-state index contributed by atoms with van der Waals surface area (Å²) in [7, 11) is 0. The molecule has 3 heteroatoms. The van der Waals surface area contributed by atoms with Crippen molar-refractivity contribution in [1.82, 2.24) is 0 Å². The van der Waals surface area contributed by atoms with Crippen LogP contribution in [0.3, 0.4) is 0 Å². The summed E-state index contributed by atoms with van der Waals surface area (Å²) in [5.74, 6) is -0.0243. The Morgan fingerprint density at radius 3 is 2.56 bits per heavy atom. The van der Waals surface area contributed by atoms with Gasteiger partial charge in [-0.1, -0.05) is 38.4 Å². The lowest BCUT2D eigenvalue weighted by atomic mass is 9.64. The Bertz CT molecular complexity index is 458. The molecule has 2 unspecified atom stereocenters. The second-order valence-corrected chi connectivity index (χ2v) is 6.95. The zero-order valence-corrected chi connectivity index (χ0v) is 11.9. The van der Waals surface area contributed by atoms with Crippen molar-refractivity contribution in [1.29, 1.82) is 0 Å². The minimum Gasteiger partial charge on any atom is -0.385 e. The molecule has 1 fully saturated rings. The topological polar surface area (TPSA) is 20.2 Å². The van der Waals surface area contributed by atoms with Gasteiger partial charge in [0.15, 0.2) is 0 Å². The van der Waals surface area contributed by atoms with Gasteiger partial charge in [-0.05, 0) is 42.7 Å². The van der Waals surface area contributed by atoms with Gasteiger partial charge in [0.1, 0.15) is 5.82 Å². The number of hydrogen-bond donors (Lipinski definition) is 1. The van der Waals surface area contributed by atoms with Gasteiger partial charge in [0.25, 0.3) is 0 Å². The second-order valence-electron chi connectivity index (χ2n) is 6.51. The first kappa shape index (κ1) is 13.8. The predicted molar refractivity (Wildman–Crippen MR) is 72.1 cm³/mol. The fourth-order valence-electron chi connectivity index (χ4n) is 3.60. The number of hydrogen-bond acceptors (Lipinski definition) is 1. The molecule has 0 aromatic heterocycles. The van der Waals surface area contributed by atoms with Crippen LogP contribution in [0.2, 0.25) is 5.02 Å². The molecule has 2 rings (SSSR count). The Morgan fingerprint density at radius 1 is 1.33 bits per heavy atom. The third kappa shape index (κ3) is 2.70. The molecule has 18 heavy (non-hydrogen) atoms. The summed E-state index contributed by atoms with van der Waals surface area (Å²) >= 11 is 5.76. The molecule has 1 saturated carbocycles. The lowest BCUT2D eigenvalue weighted by molar-refractivity contribution is -0.0657. The maximum atomic E-state index is 14.0. The van der Waals surface area contributed by atoms with E-state index in [0.717, 1.165) is 6.42 Å². The van der Waals surface area contributed by atoms with Gasteiger partial charge in [-0.3, -0.25) is 0 Å². The van der Waals surface area contributed by atoms with Gasteiger partial charge in [-0.15, -0.1) is 0 Å². The van der Waals surface area contributed by atoms with E-state index in [0.29, 0.717) is 29.3 Å². The quantitative estimate of drug-likeness (QED) is 0.796. The van der Waals surface area contributed by atoms with E-state index in [-0.39, 0.29) is 5.41 Å². The molecule has 0 bridgehead atoms. The van der Waals surface area contributed by atoms with Gasteiger partial charge in [-0.2, -0.15) is 0 Å². The van der Waals surface area contributed by atoms with Crippen molar-refractivity contribution < 1.29 is 9.50 Å². The molecule has 0 aliphatic heterocycles. The molecule has 1 aromatic rings. The van der Waals surface area contributed by atoms with Gasteiger partial charge in [0.05, 0.1) is 5.60 Å². The van der Waals surface area contributed by atoms with Crippen molar-refractivity contribution in [3.8, 4) is 0 Å². The minimum absolute atomic E-state index is 0.0263. The van der Waals surface area contributed by atoms with Crippen LogP contribution in [0.4, 0.5) is 4.39 Å². The molecule has 100 valence electrons. The lowest BCUT2D eigenvalue weighted by Gasteiger charge is -2.45. The van der Waals surface area contributed by atoms with Crippen LogP contribution in [0, 0.1) is 17.2 Å². The summed E-state index contributed by atoms with van der Waals surface area (Å²) < 4.78 is 14.0. The predicted octanol–water partition coefficient (Wildman–Crippen LogP) is 4.51. The maximum Gasteiger partial charge on any atom is 0.130 e. The highest BCUT2D eigenvalue weighted by atomic mass is 35.5. The fourth-order valence-corrected chi connectivity index (χ4v) is 3.76. The summed E-state index contributed by atoms with van der Waals surface area (Å²) in [4.78, 5) is 0. The highest BCUT2D eigenvalue weighted by molar-refractivity contribution is 6.30. The van der Waals surface area contributed by atoms with Crippen LogP contribution < -0.4 is 0 Å². The van der Waals surface area contributed by atoms with Crippen LogP contribution in [-0.4, -0.2) is 5.11 Å². The van der Waals surface area contributed by atoms with Gasteiger partial charge in [0, 0.05) is 10.6 Å². The van der Waals surface area contributed by atoms with E-state index in [1.54, 1.807) is 12.1 Å². The Kier molecular flexibility index (Phi) is 3.46. The lowest BCUT2D eigenvalue weighted by Crippen LogP contribution is -2.40. The molecule has 1 nitrogen and oxygen atoms in total. The zero-order chi connectivity index (χ0) is 13.6. The van der Waals surface area contributed by atoms with Crippen LogP contribution in [0.25, 0.3) is 0 Å². The summed E-state index contributed by atoms with van der Waals surface area (Å²) in [5, 5.41) is 11.2. The number of aliphatic hydroxyl groups is 1. The van der Waals surface area contributed by atoms with Gasteiger partial charge < -0.3 is 5.11 Å². The highest BCUT2D eigenvalue weighted by Crippen LogP contribution is 2.49. The third-order valence-corrected chi connectivity index (χ3v) is 4.03. The number of rotatable bonds is 1. The molecule has 2 atom stereocenters. The van der Waals surface area contributed by atoms with E-state index in [9.17, 15) is 9.50 Å². The second kappa shape index (κ2) is 4.50. The minimum atomic E-state index is -1.07. The Balaban J connectivity index is 2.41.